The Morgan fingerprint density at radius 1 is 1.15 bits per heavy atom. The SMILES string of the molecule is CC1=CC=C(C2=C(c3ccccc3)C(=O)OC2)C(=S)C1. The van der Waals surface area contributed by atoms with Gasteiger partial charge in [0.25, 0.3) is 0 Å². The van der Waals surface area contributed by atoms with Crippen molar-refractivity contribution in [3.8, 4) is 0 Å². The zero-order valence-corrected chi connectivity index (χ0v) is 12.0. The van der Waals surface area contributed by atoms with Crippen LogP contribution in [0, 0.1) is 0 Å². The number of rotatable bonds is 2. The Kier molecular flexibility index (Phi) is 3.36. The van der Waals surface area contributed by atoms with E-state index in [0.717, 1.165) is 28.0 Å². The lowest BCUT2D eigenvalue weighted by Gasteiger charge is -2.15. The third kappa shape index (κ3) is 2.25. The van der Waals surface area contributed by atoms with E-state index in [9.17, 15) is 4.79 Å². The first-order chi connectivity index (χ1) is 9.66. The summed E-state index contributed by atoms with van der Waals surface area (Å²) in [5.74, 6) is -0.263. The average Bonchev–Trinajstić information content (AvgIpc) is 2.81. The van der Waals surface area contributed by atoms with Gasteiger partial charge >= 0.3 is 5.97 Å². The van der Waals surface area contributed by atoms with Crippen molar-refractivity contribution in [2.45, 2.75) is 13.3 Å². The molecule has 0 radical (unpaired) electrons. The van der Waals surface area contributed by atoms with Crippen LogP contribution in [0.3, 0.4) is 0 Å². The van der Waals surface area contributed by atoms with Crippen LogP contribution in [0.15, 0.2) is 59.2 Å². The van der Waals surface area contributed by atoms with Crippen LogP contribution in [0.1, 0.15) is 18.9 Å². The number of ether oxygens (including phenoxy) is 1. The van der Waals surface area contributed by atoms with E-state index in [2.05, 4.69) is 13.0 Å². The molecule has 3 heteroatoms. The summed E-state index contributed by atoms with van der Waals surface area (Å²) in [7, 11) is 0. The van der Waals surface area contributed by atoms with Crippen molar-refractivity contribution >= 4 is 28.6 Å². The molecule has 1 aliphatic carbocycles. The van der Waals surface area contributed by atoms with Crippen LogP contribution in [0.2, 0.25) is 0 Å². The van der Waals surface area contributed by atoms with E-state index < -0.39 is 0 Å². The van der Waals surface area contributed by atoms with Crippen molar-refractivity contribution in [1.29, 1.82) is 0 Å². The minimum Gasteiger partial charge on any atom is -0.457 e. The zero-order valence-electron chi connectivity index (χ0n) is 11.2. The van der Waals surface area contributed by atoms with E-state index in [0.29, 0.717) is 12.2 Å². The number of benzene rings is 1. The summed E-state index contributed by atoms with van der Waals surface area (Å²) in [6.07, 6.45) is 4.84. The summed E-state index contributed by atoms with van der Waals surface area (Å²) >= 11 is 5.47. The first kappa shape index (κ1) is 13.0. The van der Waals surface area contributed by atoms with E-state index in [1.807, 2.05) is 36.4 Å². The Labute approximate surface area is 123 Å². The molecule has 100 valence electrons. The van der Waals surface area contributed by atoms with Crippen LogP contribution in [-0.4, -0.2) is 17.4 Å². The van der Waals surface area contributed by atoms with Crippen molar-refractivity contribution in [2.24, 2.45) is 0 Å². The van der Waals surface area contributed by atoms with Crippen LogP contribution >= 0.6 is 12.2 Å². The topological polar surface area (TPSA) is 26.3 Å². The van der Waals surface area contributed by atoms with Gasteiger partial charge in [0.15, 0.2) is 0 Å². The van der Waals surface area contributed by atoms with Crippen LogP contribution < -0.4 is 0 Å². The first-order valence-corrected chi connectivity index (χ1v) is 6.94. The second kappa shape index (κ2) is 5.17. The number of esters is 1. The van der Waals surface area contributed by atoms with E-state index in [4.69, 9.17) is 17.0 Å². The molecule has 0 bridgehead atoms. The molecule has 0 unspecified atom stereocenters. The largest absolute Gasteiger partial charge is 0.457 e. The molecule has 3 rings (SSSR count). The molecule has 1 aliphatic heterocycles. The maximum absolute atomic E-state index is 12.0. The molecule has 1 aromatic carbocycles. The second-order valence-corrected chi connectivity index (χ2v) is 5.48. The Balaban J connectivity index is 2.13. The normalized spacial score (nSPS) is 18.9. The molecule has 0 N–H and O–H groups in total. The molecule has 0 atom stereocenters. The minimum absolute atomic E-state index is 0.263. The van der Waals surface area contributed by atoms with Gasteiger partial charge in [0.05, 0.1) is 5.57 Å². The Bertz CT molecular complexity index is 678. The summed E-state index contributed by atoms with van der Waals surface area (Å²) in [5, 5.41) is 0. The molecule has 1 heterocycles. The number of thiocarbonyl (C=S) groups is 1. The van der Waals surface area contributed by atoms with E-state index in [-0.39, 0.29) is 5.97 Å². The molecular weight excluding hydrogens is 268 g/mol. The van der Waals surface area contributed by atoms with Crippen LogP contribution in [0.25, 0.3) is 5.57 Å². The third-order valence-electron chi connectivity index (χ3n) is 3.52. The highest BCUT2D eigenvalue weighted by Gasteiger charge is 2.29. The molecule has 0 saturated carbocycles. The van der Waals surface area contributed by atoms with Gasteiger partial charge in [-0.05, 0) is 18.1 Å². The van der Waals surface area contributed by atoms with Gasteiger partial charge in [0.2, 0.25) is 0 Å². The van der Waals surface area contributed by atoms with Gasteiger partial charge in [0.1, 0.15) is 6.61 Å². The Morgan fingerprint density at radius 2 is 1.90 bits per heavy atom. The summed E-state index contributed by atoms with van der Waals surface area (Å²) in [4.78, 5) is 12.9. The van der Waals surface area contributed by atoms with Crippen molar-refractivity contribution in [3.05, 3.63) is 64.8 Å². The van der Waals surface area contributed by atoms with Crippen molar-refractivity contribution in [3.63, 3.8) is 0 Å². The number of cyclic esters (lactones) is 1. The van der Waals surface area contributed by atoms with Crippen molar-refractivity contribution in [2.75, 3.05) is 6.61 Å². The molecule has 2 aliphatic rings. The third-order valence-corrected chi connectivity index (χ3v) is 3.88. The number of carbonyl (C=O) groups excluding carboxylic acids is 1. The fourth-order valence-corrected chi connectivity index (χ4v) is 2.93. The predicted molar refractivity (Wildman–Crippen MR) is 83.4 cm³/mol. The average molecular weight is 282 g/mol. The summed E-state index contributed by atoms with van der Waals surface area (Å²) in [6.45, 7) is 2.37. The van der Waals surface area contributed by atoms with E-state index in [1.54, 1.807) is 0 Å². The smallest absolute Gasteiger partial charge is 0.339 e. The molecule has 1 aromatic rings. The Hall–Kier alpha value is -2.00. The van der Waals surface area contributed by atoms with E-state index in [1.165, 1.54) is 5.57 Å². The minimum atomic E-state index is -0.263. The molecule has 20 heavy (non-hydrogen) atoms. The number of hydrogen-bond acceptors (Lipinski definition) is 3. The van der Waals surface area contributed by atoms with Gasteiger partial charge in [0, 0.05) is 16.9 Å². The second-order valence-electron chi connectivity index (χ2n) is 4.99. The Morgan fingerprint density at radius 3 is 2.60 bits per heavy atom. The van der Waals surface area contributed by atoms with Gasteiger partial charge in [-0.3, -0.25) is 0 Å². The molecule has 0 spiro atoms. The molecule has 0 fully saturated rings. The van der Waals surface area contributed by atoms with Crippen LogP contribution in [0.5, 0.6) is 0 Å². The van der Waals surface area contributed by atoms with Crippen LogP contribution in [-0.2, 0) is 9.53 Å². The highest BCUT2D eigenvalue weighted by Crippen LogP contribution is 2.33. The summed E-state index contributed by atoms with van der Waals surface area (Å²) in [5.41, 5.74) is 4.66. The zero-order chi connectivity index (χ0) is 14.1. The predicted octanol–water partition coefficient (Wildman–Crippen LogP) is 3.64. The maximum Gasteiger partial charge on any atom is 0.339 e. The number of hydrogen-bond donors (Lipinski definition) is 0. The summed E-state index contributed by atoms with van der Waals surface area (Å²) < 4.78 is 5.23. The lowest BCUT2D eigenvalue weighted by atomic mass is 9.90. The van der Waals surface area contributed by atoms with Crippen molar-refractivity contribution < 1.29 is 9.53 Å². The molecule has 0 saturated heterocycles. The molecule has 0 amide bonds. The van der Waals surface area contributed by atoms with Gasteiger partial charge in [-0.25, -0.2) is 4.79 Å². The fraction of sp³-hybridized carbons (Fsp3) is 0.176. The van der Waals surface area contributed by atoms with Gasteiger partial charge < -0.3 is 4.74 Å². The monoisotopic (exact) mass is 282 g/mol. The molecule has 2 nitrogen and oxygen atoms in total. The maximum atomic E-state index is 12.0. The fourth-order valence-electron chi connectivity index (χ4n) is 2.51. The van der Waals surface area contributed by atoms with E-state index >= 15 is 0 Å². The lowest BCUT2D eigenvalue weighted by Crippen LogP contribution is -2.08. The van der Waals surface area contributed by atoms with Gasteiger partial charge in [-0.1, -0.05) is 60.3 Å². The van der Waals surface area contributed by atoms with Gasteiger partial charge in [-0.2, -0.15) is 0 Å². The summed E-state index contributed by atoms with van der Waals surface area (Å²) in [6, 6.07) is 9.62. The van der Waals surface area contributed by atoms with Crippen LogP contribution in [0.4, 0.5) is 0 Å². The van der Waals surface area contributed by atoms with Crippen molar-refractivity contribution in [1.82, 2.24) is 0 Å². The first-order valence-electron chi connectivity index (χ1n) is 6.53. The lowest BCUT2D eigenvalue weighted by molar-refractivity contribution is -0.134. The number of carbonyl (C=O) groups is 1. The van der Waals surface area contributed by atoms with Gasteiger partial charge in [-0.15, -0.1) is 0 Å². The standard InChI is InChI=1S/C17H14O2S/c1-11-7-8-13(15(20)9-11)14-10-19-17(18)16(14)12-5-3-2-4-6-12/h2-8H,9-10H2,1H3. The highest BCUT2D eigenvalue weighted by atomic mass is 32.1. The molecular formula is C17H14O2S. The quantitative estimate of drug-likeness (QED) is 0.612. The number of allylic oxidation sites excluding steroid dienone is 3. The molecule has 0 aromatic heterocycles. The highest BCUT2D eigenvalue weighted by molar-refractivity contribution is 7.80.